The highest BCUT2D eigenvalue weighted by Crippen LogP contribution is 2.10. The highest BCUT2D eigenvalue weighted by Gasteiger charge is 2.02. The van der Waals surface area contributed by atoms with Crippen LogP contribution < -0.4 is 5.32 Å². The van der Waals surface area contributed by atoms with Crippen molar-refractivity contribution in [1.29, 1.82) is 0 Å². The fourth-order valence-electron chi connectivity index (χ4n) is 1.79. The molecule has 0 aliphatic carbocycles. The molecule has 2 rings (SSSR count). The average molecular weight is 247 g/mol. The first-order valence-corrected chi connectivity index (χ1v) is 5.99. The number of imidazole rings is 1. The van der Waals surface area contributed by atoms with E-state index in [4.69, 9.17) is 4.74 Å². The Kier molecular flexibility index (Phi) is 4.30. The molecule has 0 fully saturated rings. The van der Waals surface area contributed by atoms with Crippen molar-refractivity contribution in [2.24, 2.45) is 0 Å². The molecule has 2 aromatic rings. The zero-order chi connectivity index (χ0) is 12.8. The van der Waals surface area contributed by atoms with Crippen LogP contribution in [0.4, 0.5) is 0 Å². The SMILES string of the molecule is COCC(=O)NCCCc1nc2ccccc2[nH]1. The Labute approximate surface area is 106 Å². The Balaban J connectivity index is 1.78. The number of carbonyl (C=O) groups is 1. The van der Waals surface area contributed by atoms with Crippen molar-refractivity contribution in [3.05, 3.63) is 30.1 Å². The van der Waals surface area contributed by atoms with Gasteiger partial charge in [0, 0.05) is 20.1 Å². The van der Waals surface area contributed by atoms with Crippen molar-refractivity contribution in [1.82, 2.24) is 15.3 Å². The Morgan fingerprint density at radius 1 is 1.44 bits per heavy atom. The molecule has 0 atom stereocenters. The monoisotopic (exact) mass is 247 g/mol. The molecular weight excluding hydrogens is 230 g/mol. The van der Waals surface area contributed by atoms with Crippen molar-refractivity contribution in [3.63, 3.8) is 0 Å². The number of para-hydroxylation sites is 2. The molecule has 96 valence electrons. The lowest BCUT2D eigenvalue weighted by Crippen LogP contribution is -2.28. The van der Waals surface area contributed by atoms with Crippen LogP contribution in [0.15, 0.2) is 24.3 Å². The van der Waals surface area contributed by atoms with Gasteiger partial charge in [-0.2, -0.15) is 0 Å². The number of hydrogen-bond donors (Lipinski definition) is 2. The molecule has 0 aliphatic rings. The number of methoxy groups -OCH3 is 1. The van der Waals surface area contributed by atoms with Crippen LogP contribution in [-0.4, -0.2) is 36.1 Å². The van der Waals surface area contributed by atoms with E-state index in [-0.39, 0.29) is 12.5 Å². The van der Waals surface area contributed by atoms with E-state index in [1.807, 2.05) is 24.3 Å². The molecule has 1 heterocycles. The molecule has 1 aromatic heterocycles. The molecule has 18 heavy (non-hydrogen) atoms. The summed E-state index contributed by atoms with van der Waals surface area (Å²) in [6.07, 6.45) is 1.68. The predicted octanol–water partition coefficient (Wildman–Crippen LogP) is 1.26. The van der Waals surface area contributed by atoms with Gasteiger partial charge in [-0.1, -0.05) is 12.1 Å². The smallest absolute Gasteiger partial charge is 0.245 e. The third-order valence-corrected chi connectivity index (χ3v) is 2.63. The van der Waals surface area contributed by atoms with E-state index in [0.717, 1.165) is 29.7 Å². The predicted molar refractivity (Wildman–Crippen MR) is 69.3 cm³/mol. The van der Waals surface area contributed by atoms with Gasteiger partial charge in [0.2, 0.25) is 5.91 Å². The van der Waals surface area contributed by atoms with Crippen LogP contribution in [0.3, 0.4) is 0 Å². The summed E-state index contributed by atoms with van der Waals surface area (Å²) < 4.78 is 4.73. The highest BCUT2D eigenvalue weighted by molar-refractivity contribution is 5.77. The zero-order valence-electron chi connectivity index (χ0n) is 10.4. The van der Waals surface area contributed by atoms with Crippen molar-refractivity contribution in [2.45, 2.75) is 12.8 Å². The van der Waals surface area contributed by atoms with Crippen LogP contribution >= 0.6 is 0 Å². The topological polar surface area (TPSA) is 67.0 Å². The normalized spacial score (nSPS) is 10.7. The number of fused-ring (bicyclic) bond motifs is 1. The Hall–Kier alpha value is -1.88. The first-order valence-electron chi connectivity index (χ1n) is 5.99. The van der Waals surface area contributed by atoms with E-state index in [0.29, 0.717) is 6.54 Å². The van der Waals surface area contributed by atoms with Gasteiger partial charge in [-0.25, -0.2) is 4.98 Å². The van der Waals surface area contributed by atoms with Crippen LogP contribution in [-0.2, 0) is 16.0 Å². The fourth-order valence-corrected chi connectivity index (χ4v) is 1.79. The molecule has 0 radical (unpaired) electrons. The van der Waals surface area contributed by atoms with Crippen molar-refractivity contribution >= 4 is 16.9 Å². The Bertz CT molecular complexity index is 489. The maximum atomic E-state index is 11.1. The van der Waals surface area contributed by atoms with Crippen LogP contribution in [0.1, 0.15) is 12.2 Å². The molecule has 0 unspecified atom stereocenters. The van der Waals surface area contributed by atoms with Gasteiger partial charge in [0.25, 0.3) is 0 Å². The number of rotatable bonds is 6. The van der Waals surface area contributed by atoms with Crippen molar-refractivity contribution in [3.8, 4) is 0 Å². The van der Waals surface area contributed by atoms with Crippen LogP contribution in [0.25, 0.3) is 11.0 Å². The maximum absolute atomic E-state index is 11.1. The molecule has 0 aliphatic heterocycles. The minimum atomic E-state index is -0.0814. The molecule has 0 saturated carbocycles. The number of nitrogens with zero attached hydrogens (tertiary/aromatic N) is 1. The number of aryl methyl sites for hydroxylation is 1. The first kappa shape index (κ1) is 12.6. The van der Waals surface area contributed by atoms with E-state index in [2.05, 4.69) is 15.3 Å². The van der Waals surface area contributed by atoms with Gasteiger partial charge in [0.15, 0.2) is 0 Å². The summed E-state index contributed by atoms with van der Waals surface area (Å²) in [5, 5.41) is 2.78. The minimum absolute atomic E-state index is 0.0814. The summed E-state index contributed by atoms with van der Waals surface area (Å²) in [7, 11) is 1.51. The number of carbonyl (C=O) groups excluding carboxylic acids is 1. The van der Waals surface area contributed by atoms with Gasteiger partial charge in [-0.3, -0.25) is 4.79 Å². The number of ether oxygens (including phenoxy) is 1. The lowest BCUT2D eigenvalue weighted by Gasteiger charge is -2.02. The number of nitrogens with one attached hydrogen (secondary N) is 2. The lowest BCUT2D eigenvalue weighted by molar-refractivity contribution is -0.124. The van der Waals surface area contributed by atoms with Gasteiger partial charge >= 0.3 is 0 Å². The number of benzene rings is 1. The summed E-state index contributed by atoms with van der Waals surface area (Å²) >= 11 is 0. The summed E-state index contributed by atoms with van der Waals surface area (Å²) in [6.45, 7) is 0.754. The number of aromatic nitrogens is 2. The van der Waals surface area contributed by atoms with E-state index >= 15 is 0 Å². The Morgan fingerprint density at radius 3 is 3.06 bits per heavy atom. The van der Waals surface area contributed by atoms with Crippen LogP contribution in [0.5, 0.6) is 0 Å². The third-order valence-electron chi connectivity index (χ3n) is 2.63. The first-order chi connectivity index (χ1) is 8.79. The Morgan fingerprint density at radius 2 is 2.28 bits per heavy atom. The van der Waals surface area contributed by atoms with E-state index < -0.39 is 0 Å². The molecule has 5 heteroatoms. The van der Waals surface area contributed by atoms with Gasteiger partial charge in [-0.05, 0) is 18.6 Å². The van der Waals surface area contributed by atoms with Crippen molar-refractivity contribution in [2.75, 3.05) is 20.3 Å². The van der Waals surface area contributed by atoms with Gasteiger partial charge in [-0.15, -0.1) is 0 Å². The fraction of sp³-hybridized carbons (Fsp3) is 0.385. The molecule has 0 bridgehead atoms. The standard InChI is InChI=1S/C13H17N3O2/c1-18-9-13(17)14-8-4-7-12-15-10-5-2-3-6-11(10)16-12/h2-3,5-6H,4,7-9H2,1H3,(H,14,17)(H,15,16). The minimum Gasteiger partial charge on any atom is -0.375 e. The van der Waals surface area contributed by atoms with E-state index in [1.165, 1.54) is 7.11 Å². The van der Waals surface area contributed by atoms with Gasteiger partial charge in [0.1, 0.15) is 12.4 Å². The summed E-state index contributed by atoms with van der Waals surface area (Å²) in [5.74, 6) is 0.874. The summed E-state index contributed by atoms with van der Waals surface area (Å²) in [6, 6.07) is 7.94. The number of hydrogen-bond acceptors (Lipinski definition) is 3. The van der Waals surface area contributed by atoms with E-state index in [1.54, 1.807) is 0 Å². The molecular formula is C13H17N3O2. The zero-order valence-corrected chi connectivity index (χ0v) is 10.4. The summed E-state index contributed by atoms with van der Waals surface area (Å²) in [5.41, 5.74) is 2.03. The second-order valence-corrected chi connectivity index (χ2v) is 4.09. The van der Waals surface area contributed by atoms with Crippen molar-refractivity contribution < 1.29 is 9.53 Å². The maximum Gasteiger partial charge on any atom is 0.245 e. The largest absolute Gasteiger partial charge is 0.375 e. The summed E-state index contributed by atoms with van der Waals surface area (Å²) in [4.78, 5) is 18.9. The molecule has 1 amide bonds. The number of amides is 1. The quantitative estimate of drug-likeness (QED) is 0.755. The third kappa shape index (κ3) is 3.30. The average Bonchev–Trinajstić information content (AvgIpc) is 2.77. The lowest BCUT2D eigenvalue weighted by atomic mass is 10.3. The molecule has 0 saturated heterocycles. The van der Waals surface area contributed by atoms with Gasteiger partial charge in [0.05, 0.1) is 11.0 Å². The second kappa shape index (κ2) is 6.16. The molecule has 2 N–H and O–H groups in total. The second-order valence-electron chi connectivity index (χ2n) is 4.09. The molecule has 5 nitrogen and oxygen atoms in total. The van der Waals surface area contributed by atoms with Crippen LogP contribution in [0, 0.1) is 0 Å². The highest BCUT2D eigenvalue weighted by atomic mass is 16.5. The van der Waals surface area contributed by atoms with E-state index in [9.17, 15) is 4.79 Å². The number of aromatic amines is 1. The molecule has 1 aromatic carbocycles. The van der Waals surface area contributed by atoms with Gasteiger partial charge < -0.3 is 15.0 Å². The number of H-pyrrole nitrogens is 1. The van der Waals surface area contributed by atoms with Crippen LogP contribution in [0.2, 0.25) is 0 Å². The molecule has 0 spiro atoms.